The lowest BCUT2D eigenvalue weighted by Crippen LogP contribution is -2.35. The molecule has 16 heavy (non-hydrogen) atoms. The van der Waals surface area contributed by atoms with E-state index in [2.05, 4.69) is 10.6 Å². The molecule has 4 nitrogen and oxygen atoms in total. The summed E-state index contributed by atoms with van der Waals surface area (Å²) in [4.78, 5) is 11.3. The molecule has 0 aromatic rings. The second-order valence-electron chi connectivity index (χ2n) is 4.33. The van der Waals surface area contributed by atoms with Crippen LogP contribution in [0.15, 0.2) is 0 Å². The van der Waals surface area contributed by atoms with Crippen LogP contribution in [-0.4, -0.2) is 38.8 Å². The number of carbonyl (C=O) groups is 1. The van der Waals surface area contributed by atoms with Gasteiger partial charge in [-0.25, -0.2) is 0 Å². The fourth-order valence-electron chi connectivity index (χ4n) is 1.48. The lowest BCUT2D eigenvalue weighted by atomic mass is 10.3. The van der Waals surface area contributed by atoms with E-state index >= 15 is 0 Å². The summed E-state index contributed by atoms with van der Waals surface area (Å²) in [6, 6.07) is 0. The number of nitrogens with one attached hydrogen (secondary N) is 2. The summed E-state index contributed by atoms with van der Waals surface area (Å²) >= 11 is 0. The Labute approximate surface area is 98.1 Å². The maximum Gasteiger partial charge on any atom is 0.233 e. The Morgan fingerprint density at radius 3 is 2.88 bits per heavy atom. The molecule has 0 spiro atoms. The van der Waals surface area contributed by atoms with Gasteiger partial charge in [0, 0.05) is 19.8 Å². The highest BCUT2D eigenvalue weighted by molar-refractivity contribution is 5.77. The minimum Gasteiger partial charge on any atom is -0.382 e. The highest BCUT2D eigenvalue weighted by Crippen LogP contribution is 2.27. The van der Waals surface area contributed by atoms with Crippen LogP contribution in [0.25, 0.3) is 0 Å². The molecule has 1 amide bonds. The van der Waals surface area contributed by atoms with Crippen LogP contribution in [0.1, 0.15) is 32.6 Å². The Kier molecular flexibility index (Phi) is 7.17. The van der Waals surface area contributed by atoms with Crippen molar-refractivity contribution in [3.8, 4) is 0 Å². The first kappa shape index (κ1) is 13.5. The molecule has 1 rings (SSSR count). The van der Waals surface area contributed by atoms with Gasteiger partial charge in [-0.15, -0.1) is 0 Å². The molecule has 0 bridgehead atoms. The van der Waals surface area contributed by atoms with E-state index in [-0.39, 0.29) is 5.91 Å². The third-order valence-electron chi connectivity index (χ3n) is 2.66. The van der Waals surface area contributed by atoms with Gasteiger partial charge >= 0.3 is 0 Å². The summed E-state index contributed by atoms with van der Waals surface area (Å²) in [7, 11) is 0. The van der Waals surface area contributed by atoms with Gasteiger partial charge in [-0.1, -0.05) is 0 Å². The Morgan fingerprint density at radius 1 is 1.38 bits per heavy atom. The molecule has 0 heterocycles. The van der Waals surface area contributed by atoms with Crippen LogP contribution in [0.3, 0.4) is 0 Å². The molecule has 0 aromatic heterocycles. The number of hydrogen-bond donors (Lipinski definition) is 2. The summed E-state index contributed by atoms with van der Waals surface area (Å²) in [5.41, 5.74) is 0. The molecule has 4 heteroatoms. The number of unbranched alkanes of at least 4 members (excludes halogenated alkanes) is 1. The molecular weight excluding hydrogens is 204 g/mol. The van der Waals surface area contributed by atoms with Gasteiger partial charge in [-0.05, 0) is 45.1 Å². The van der Waals surface area contributed by atoms with Gasteiger partial charge < -0.3 is 15.4 Å². The first-order chi connectivity index (χ1) is 7.83. The van der Waals surface area contributed by atoms with E-state index in [1.807, 2.05) is 6.92 Å². The topological polar surface area (TPSA) is 50.4 Å². The monoisotopic (exact) mass is 228 g/mol. The molecule has 1 saturated carbocycles. The van der Waals surface area contributed by atoms with Crippen LogP contribution in [0, 0.1) is 5.92 Å². The van der Waals surface area contributed by atoms with E-state index < -0.39 is 0 Å². The number of hydrogen-bond acceptors (Lipinski definition) is 3. The van der Waals surface area contributed by atoms with Gasteiger partial charge in [-0.2, -0.15) is 0 Å². The normalized spacial score (nSPS) is 15.1. The van der Waals surface area contributed by atoms with E-state index in [4.69, 9.17) is 4.74 Å². The zero-order valence-corrected chi connectivity index (χ0v) is 10.3. The van der Waals surface area contributed by atoms with Crippen LogP contribution in [0.4, 0.5) is 0 Å². The fraction of sp³-hybridized carbons (Fsp3) is 0.917. The minimum absolute atomic E-state index is 0.108. The molecule has 1 aliphatic carbocycles. The molecule has 0 radical (unpaired) electrons. The van der Waals surface area contributed by atoms with Gasteiger partial charge in [0.05, 0.1) is 6.54 Å². The summed E-state index contributed by atoms with van der Waals surface area (Å²) < 4.78 is 5.21. The highest BCUT2D eigenvalue weighted by atomic mass is 16.5. The molecule has 0 aromatic carbocycles. The summed E-state index contributed by atoms with van der Waals surface area (Å²) in [5, 5.41) is 6.07. The molecule has 0 aliphatic heterocycles. The van der Waals surface area contributed by atoms with Crippen molar-refractivity contribution in [2.24, 2.45) is 5.92 Å². The average molecular weight is 228 g/mol. The lowest BCUT2D eigenvalue weighted by Gasteiger charge is -2.06. The van der Waals surface area contributed by atoms with Gasteiger partial charge in [0.25, 0.3) is 0 Å². The summed E-state index contributed by atoms with van der Waals surface area (Å²) in [5.74, 6) is 0.941. The van der Waals surface area contributed by atoms with E-state index in [1.54, 1.807) is 0 Å². The first-order valence-corrected chi connectivity index (χ1v) is 6.38. The van der Waals surface area contributed by atoms with E-state index in [0.29, 0.717) is 6.54 Å². The second-order valence-corrected chi connectivity index (χ2v) is 4.33. The summed E-state index contributed by atoms with van der Waals surface area (Å²) in [6.45, 7) is 5.79. The number of amides is 1. The van der Waals surface area contributed by atoms with Crippen molar-refractivity contribution in [3.05, 3.63) is 0 Å². The molecule has 94 valence electrons. The SMILES string of the molecule is CCOCCCCNC(=O)CNCC1CC1. The van der Waals surface area contributed by atoms with Crippen molar-refractivity contribution in [1.29, 1.82) is 0 Å². The molecule has 0 unspecified atom stereocenters. The lowest BCUT2D eigenvalue weighted by molar-refractivity contribution is -0.120. The van der Waals surface area contributed by atoms with Crippen LogP contribution < -0.4 is 10.6 Å². The average Bonchev–Trinajstić information content (AvgIpc) is 3.07. The smallest absolute Gasteiger partial charge is 0.233 e. The fourth-order valence-corrected chi connectivity index (χ4v) is 1.48. The van der Waals surface area contributed by atoms with Gasteiger partial charge in [0.15, 0.2) is 0 Å². The standard InChI is InChI=1S/C12H24N2O2/c1-2-16-8-4-3-7-14-12(15)10-13-9-11-5-6-11/h11,13H,2-10H2,1H3,(H,14,15). The number of carbonyl (C=O) groups excluding carboxylic acids is 1. The number of rotatable bonds is 10. The summed E-state index contributed by atoms with van der Waals surface area (Å²) in [6.07, 6.45) is 4.66. The van der Waals surface area contributed by atoms with E-state index in [0.717, 1.165) is 45.1 Å². The van der Waals surface area contributed by atoms with Gasteiger partial charge in [-0.3, -0.25) is 4.79 Å². The van der Waals surface area contributed by atoms with Crippen LogP contribution in [-0.2, 0) is 9.53 Å². The predicted molar refractivity (Wildman–Crippen MR) is 64.3 cm³/mol. The van der Waals surface area contributed by atoms with Crippen molar-refractivity contribution < 1.29 is 9.53 Å². The molecule has 0 atom stereocenters. The van der Waals surface area contributed by atoms with Crippen molar-refractivity contribution in [2.45, 2.75) is 32.6 Å². The molecular formula is C12H24N2O2. The van der Waals surface area contributed by atoms with Gasteiger partial charge in [0.1, 0.15) is 0 Å². The van der Waals surface area contributed by atoms with Crippen molar-refractivity contribution in [2.75, 3.05) is 32.8 Å². The van der Waals surface area contributed by atoms with Crippen molar-refractivity contribution in [3.63, 3.8) is 0 Å². The zero-order chi connectivity index (χ0) is 11.6. The highest BCUT2D eigenvalue weighted by Gasteiger charge is 2.20. The van der Waals surface area contributed by atoms with Crippen molar-refractivity contribution in [1.82, 2.24) is 10.6 Å². The molecule has 1 aliphatic rings. The van der Waals surface area contributed by atoms with E-state index in [9.17, 15) is 4.79 Å². The third-order valence-corrected chi connectivity index (χ3v) is 2.66. The van der Waals surface area contributed by atoms with Crippen LogP contribution in [0.5, 0.6) is 0 Å². The van der Waals surface area contributed by atoms with E-state index in [1.165, 1.54) is 12.8 Å². The maximum atomic E-state index is 11.3. The Bertz CT molecular complexity index is 193. The Morgan fingerprint density at radius 2 is 2.19 bits per heavy atom. The molecule has 1 fully saturated rings. The van der Waals surface area contributed by atoms with Crippen LogP contribution in [0.2, 0.25) is 0 Å². The Hall–Kier alpha value is -0.610. The Balaban J connectivity index is 1.78. The predicted octanol–water partition coefficient (Wildman–Crippen LogP) is 0.919. The van der Waals surface area contributed by atoms with Gasteiger partial charge in [0.2, 0.25) is 5.91 Å². The molecule has 2 N–H and O–H groups in total. The number of ether oxygens (including phenoxy) is 1. The maximum absolute atomic E-state index is 11.3. The minimum atomic E-state index is 0.108. The van der Waals surface area contributed by atoms with Crippen molar-refractivity contribution >= 4 is 5.91 Å². The quantitative estimate of drug-likeness (QED) is 0.547. The third kappa shape index (κ3) is 7.65. The molecule has 0 saturated heterocycles. The zero-order valence-electron chi connectivity index (χ0n) is 10.3. The second kappa shape index (κ2) is 8.53. The van der Waals surface area contributed by atoms with Crippen LogP contribution >= 0.6 is 0 Å². The largest absolute Gasteiger partial charge is 0.382 e. The first-order valence-electron chi connectivity index (χ1n) is 6.38.